The quantitative estimate of drug-likeness (QED) is 0.540. The van der Waals surface area contributed by atoms with Crippen molar-refractivity contribution in [2.24, 2.45) is 5.10 Å². The number of anilines is 1. The number of hydrazone groups is 1. The zero-order chi connectivity index (χ0) is 21.5. The van der Waals surface area contributed by atoms with E-state index in [9.17, 15) is 9.18 Å². The number of rotatable bonds is 7. The number of quaternary nitrogens is 1. The molecule has 2 aromatic carbocycles. The van der Waals surface area contributed by atoms with Crippen LogP contribution in [0.2, 0.25) is 0 Å². The number of halogens is 1. The number of hydrogen-bond donors (Lipinski definition) is 2. The predicted octanol–water partition coefficient (Wildman–Crippen LogP) is 2.10. The van der Waals surface area contributed by atoms with Crippen molar-refractivity contribution in [2.45, 2.75) is 20.8 Å². The molecule has 2 aromatic rings. The van der Waals surface area contributed by atoms with E-state index in [4.69, 9.17) is 4.74 Å². The van der Waals surface area contributed by atoms with Crippen molar-refractivity contribution < 1.29 is 18.8 Å². The van der Waals surface area contributed by atoms with Crippen molar-refractivity contribution in [3.63, 3.8) is 0 Å². The molecule has 7 heteroatoms. The van der Waals surface area contributed by atoms with E-state index in [1.54, 1.807) is 42.2 Å². The number of hydrogen-bond acceptors (Lipinski definition) is 4. The number of piperazine rings is 1. The van der Waals surface area contributed by atoms with E-state index in [0.717, 1.165) is 32.7 Å². The van der Waals surface area contributed by atoms with Gasteiger partial charge in [-0.3, -0.25) is 4.79 Å². The number of likely N-dealkylation sites (N-methyl/N-ethyl adjacent to an activating group) is 1. The minimum atomic E-state index is -0.328. The van der Waals surface area contributed by atoms with Crippen LogP contribution in [0.4, 0.5) is 10.1 Å². The second-order valence-corrected chi connectivity index (χ2v) is 7.35. The van der Waals surface area contributed by atoms with Gasteiger partial charge in [-0.25, -0.2) is 9.82 Å². The molecular weight excluding hydrogens is 383 g/mol. The largest absolute Gasteiger partial charge is 0.494 e. The molecule has 0 aromatic heterocycles. The van der Waals surface area contributed by atoms with Crippen LogP contribution in [0.3, 0.4) is 0 Å². The van der Waals surface area contributed by atoms with E-state index in [1.165, 1.54) is 6.07 Å². The molecule has 30 heavy (non-hydrogen) atoms. The first-order valence-corrected chi connectivity index (χ1v) is 10.5. The summed E-state index contributed by atoms with van der Waals surface area (Å²) in [4.78, 5) is 15.9. The van der Waals surface area contributed by atoms with Gasteiger partial charge in [-0.05, 0) is 57.2 Å². The van der Waals surface area contributed by atoms with Crippen molar-refractivity contribution in [3.8, 4) is 5.75 Å². The highest BCUT2D eigenvalue weighted by Gasteiger charge is 2.21. The van der Waals surface area contributed by atoms with Crippen LogP contribution in [-0.2, 0) is 0 Å². The lowest BCUT2D eigenvalue weighted by Gasteiger charge is -2.33. The first kappa shape index (κ1) is 21.8. The molecule has 6 nitrogen and oxygen atoms in total. The summed E-state index contributed by atoms with van der Waals surface area (Å²) >= 11 is 0. The van der Waals surface area contributed by atoms with Crippen molar-refractivity contribution in [1.82, 2.24) is 5.43 Å². The van der Waals surface area contributed by atoms with Gasteiger partial charge in [0.1, 0.15) is 11.6 Å². The average molecular weight is 414 g/mol. The molecule has 3 rings (SSSR count). The molecule has 1 saturated heterocycles. The van der Waals surface area contributed by atoms with Crippen molar-refractivity contribution in [3.05, 3.63) is 59.4 Å². The molecule has 0 atom stereocenters. The lowest BCUT2D eigenvalue weighted by Crippen LogP contribution is -3.14. The van der Waals surface area contributed by atoms with Gasteiger partial charge < -0.3 is 14.5 Å². The summed E-state index contributed by atoms with van der Waals surface area (Å²) < 4.78 is 20.1. The number of nitrogens with one attached hydrogen (secondary N) is 2. The van der Waals surface area contributed by atoms with Gasteiger partial charge in [0.2, 0.25) is 0 Å². The molecule has 1 amide bonds. The summed E-state index contributed by atoms with van der Waals surface area (Å²) in [6.45, 7) is 11.3. The Morgan fingerprint density at radius 2 is 1.80 bits per heavy atom. The van der Waals surface area contributed by atoms with Crippen molar-refractivity contribution in [2.75, 3.05) is 44.2 Å². The van der Waals surface area contributed by atoms with Gasteiger partial charge in [-0.1, -0.05) is 6.07 Å². The monoisotopic (exact) mass is 413 g/mol. The van der Waals surface area contributed by atoms with Gasteiger partial charge >= 0.3 is 0 Å². The second kappa shape index (κ2) is 10.2. The summed E-state index contributed by atoms with van der Waals surface area (Å²) in [6.07, 6.45) is 0. The zero-order valence-corrected chi connectivity index (χ0v) is 17.9. The highest BCUT2D eigenvalue weighted by Crippen LogP contribution is 2.21. The van der Waals surface area contributed by atoms with Crippen LogP contribution in [0.1, 0.15) is 36.7 Å². The van der Waals surface area contributed by atoms with E-state index < -0.39 is 0 Å². The highest BCUT2D eigenvalue weighted by molar-refractivity contribution is 6.01. The van der Waals surface area contributed by atoms with Crippen LogP contribution in [0.25, 0.3) is 0 Å². The van der Waals surface area contributed by atoms with Crippen LogP contribution in [0.5, 0.6) is 5.75 Å². The maximum atomic E-state index is 14.7. The van der Waals surface area contributed by atoms with Crippen LogP contribution >= 0.6 is 0 Å². The smallest absolute Gasteiger partial charge is 0.271 e. The molecule has 0 bridgehead atoms. The fourth-order valence-electron chi connectivity index (χ4n) is 3.54. The fourth-order valence-corrected chi connectivity index (χ4v) is 3.54. The number of amides is 1. The Balaban J connectivity index is 1.63. The van der Waals surface area contributed by atoms with Gasteiger partial charge in [-0.2, -0.15) is 5.10 Å². The minimum absolute atomic E-state index is 0.264. The molecule has 0 spiro atoms. The third kappa shape index (κ3) is 5.36. The molecule has 1 fully saturated rings. The Hall–Kier alpha value is -2.93. The summed E-state index contributed by atoms with van der Waals surface area (Å²) in [5.41, 5.74) is 4.81. The first-order chi connectivity index (χ1) is 14.5. The van der Waals surface area contributed by atoms with Gasteiger partial charge in [-0.15, -0.1) is 0 Å². The molecule has 0 radical (unpaired) electrons. The molecule has 1 heterocycles. The fraction of sp³-hybridized carbons (Fsp3) is 0.391. The van der Waals surface area contributed by atoms with Crippen LogP contribution in [0.15, 0.2) is 47.6 Å². The highest BCUT2D eigenvalue weighted by atomic mass is 19.1. The third-order valence-electron chi connectivity index (χ3n) is 5.43. The molecule has 1 aliphatic heterocycles. The molecule has 0 unspecified atom stereocenters. The van der Waals surface area contributed by atoms with Crippen molar-refractivity contribution in [1.29, 1.82) is 0 Å². The molecule has 1 aliphatic rings. The Labute approximate surface area is 177 Å². The zero-order valence-electron chi connectivity index (χ0n) is 17.9. The molecule has 2 N–H and O–H groups in total. The third-order valence-corrected chi connectivity index (χ3v) is 5.43. The number of carbonyl (C=O) groups excluding carboxylic acids is 1. The predicted molar refractivity (Wildman–Crippen MR) is 117 cm³/mol. The maximum Gasteiger partial charge on any atom is 0.271 e. The van der Waals surface area contributed by atoms with Gasteiger partial charge in [0.25, 0.3) is 5.91 Å². The second-order valence-electron chi connectivity index (χ2n) is 7.35. The number of benzene rings is 2. The van der Waals surface area contributed by atoms with Crippen LogP contribution in [-0.4, -0.2) is 50.9 Å². The summed E-state index contributed by atoms with van der Waals surface area (Å²) in [7, 11) is 0. The Kier molecular flexibility index (Phi) is 7.41. The minimum Gasteiger partial charge on any atom is -0.494 e. The summed E-state index contributed by atoms with van der Waals surface area (Å²) in [5, 5.41) is 4.14. The Morgan fingerprint density at radius 3 is 2.40 bits per heavy atom. The van der Waals surface area contributed by atoms with E-state index in [1.807, 2.05) is 13.0 Å². The maximum absolute atomic E-state index is 14.7. The van der Waals surface area contributed by atoms with Crippen molar-refractivity contribution >= 4 is 17.3 Å². The topological polar surface area (TPSA) is 58.4 Å². The van der Waals surface area contributed by atoms with Crippen LogP contribution in [0, 0.1) is 5.82 Å². The standard InChI is InChI=1S/C23H29FN4O2/c1-4-27-12-14-28(15-13-27)22-11-8-19(16-21(22)24)17(3)25-26-23(29)18-6-9-20(10-7-18)30-5-2/h6-11,16H,4-5,12-15H2,1-3H3,(H,26,29)/p+1/b25-17-. The molecular formula is C23H30FN4O2+. The molecule has 0 saturated carbocycles. The number of nitrogens with zero attached hydrogens (tertiary/aromatic N) is 2. The average Bonchev–Trinajstić information content (AvgIpc) is 2.78. The van der Waals surface area contributed by atoms with Gasteiger partial charge in [0.05, 0.1) is 50.7 Å². The Morgan fingerprint density at radius 1 is 1.13 bits per heavy atom. The molecule has 160 valence electrons. The Bertz CT molecular complexity index is 891. The lowest BCUT2D eigenvalue weighted by molar-refractivity contribution is -0.898. The SMILES string of the molecule is CCOc1ccc(C(=O)N/N=C(/C)c2ccc(N3CC[NH+](CC)CC3)c(F)c2)cc1. The van der Waals surface area contributed by atoms with Gasteiger partial charge in [0.15, 0.2) is 0 Å². The number of ether oxygens (including phenoxy) is 1. The summed E-state index contributed by atoms with van der Waals surface area (Å²) in [6, 6.07) is 12.0. The van der Waals surface area contributed by atoms with E-state index in [0.29, 0.717) is 34.9 Å². The van der Waals surface area contributed by atoms with E-state index >= 15 is 0 Å². The van der Waals surface area contributed by atoms with E-state index in [-0.39, 0.29) is 11.7 Å². The number of carbonyl (C=O) groups is 1. The first-order valence-electron chi connectivity index (χ1n) is 10.5. The van der Waals surface area contributed by atoms with E-state index in [2.05, 4.69) is 22.4 Å². The normalized spacial score (nSPS) is 15.2. The lowest BCUT2D eigenvalue weighted by atomic mass is 10.1. The van der Waals surface area contributed by atoms with Gasteiger partial charge in [0, 0.05) is 11.1 Å². The van der Waals surface area contributed by atoms with Crippen LogP contribution < -0.4 is 20.0 Å². The summed E-state index contributed by atoms with van der Waals surface area (Å²) in [5.74, 6) is 0.118. The molecule has 0 aliphatic carbocycles.